The lowest BCUT2D eigenvalue weighted by atomic mass is 10.4. The van der Waals surface area contributed by atoms with Gasteiger partial charge in [0, 0.05) is 6.04 Å². The molecule has 0 aliphatic heterocycles. The third-order valence-electron chi connectivity index (χ3n) is 1.75. The summed E-state index contributed by atoms with van der Waals surface area (Å²) in [4.78, 5) is 4.20. The summed E-state index contributed by atoms with van der Waals surface area (Å²) in [6, 6.07) is 0.371. The highest BCUT2D eigenvalue weighted by atomic mass is 15.2. The van der Waals surface area contributed by atoms with Crippen LogP contribution in [0.5, 0.6) is 0 Å². The van der Waals surface area contributed by atoms with E-state index in [4.69, 9.17) is 5.73 Å². The first kappa shape index (κ1) is 9.06. The van der Waals surface area contributed by atoms with E-state index >= 15 is 0 Å². The first-order valence-corrected chi connectivity index (χ1v) is 4.13. The van der Waals surface area contributed by atoms with Crippen molar-refractivity contribution in [3.8, 4) is 0 Å². The largest absolute Gasteiger partial charge is 0.384 e. The van der Waals surface area contributed by atoms with Crippen LogP contribution < -0.4 is 11.1 Å². The molecule has 4 nitrogen and oxygen atoms in total. The van der Waals surface area contributed by atoms with Crippen LogP contribution in [-0.2, 0) is 6.54 Å². The Morgan fingerprint density at radius 3 is 2.83 bits per heavy atom. The molecule has 0 aliphatic carbocycles. The molecule has 3 N–H and O–H groups in total. The molecule has 0 fully saturated rings. The summed E-state index contributed by atoms with van der Waals surface area (Å²) in [7, 11) is 1.90. The van der Waals surface area contributed by atoms with Gasteiger partial charge in [-0.2, -0.15) is 0 Å². The fourth-order valence-electron chi connectivity index (χ4n) is 1.30. The second kappa shape index (κ2) is 3.58. The van der Waals surface area contributed by atoms with E-state index in [0.29, 0.717) is 6.04 Å². The smallest absolute Gasteiger partial charge is 0.124 e. The molecule has 0 aromatic carbocycles. The van der Waals surface area contributed by atoms with Gasteiger partial charge in [-0.3, -0.25) is 0 Å². The highest BCUT2D eigenvalue weighted by Gasteiger charge is 2.08. The highest BCUT2D eigenvalue weighted by molar-refractivity contribution is 5.28. The third kappa shape index (κ3) is 1.58. The minimum atomic E-state index is 0.371. The highest BCUT2D eigenvalue weighted by Crippen LogP contribution is 2.14. The van der Waals surface area contributed by atoms with Crippen molar-refractivity contribution >= 4 is 5.82 Å². The average Bonchev–Trinajstić information content (AvgIpc) is 2.32. The first-order valence-electron chi connectivity index (χ1n) is 4.13. The second-order valence-corrected chi connectivity index (χ2v) is 3.09. The summed E-state index contributed by atoms with van der Waals surface area (Å²) in [6.45, 7) is 4.95. The summed E-state index contributed by atoms with van der Waals surface area (Å²) < 4.78 is 2.02. The van der Waals surface area contributed by atoms with Crippen LogP contribution in [0.15, 0.2) is 6.20 Å². The fourth-order valence-corrected chi connectivity index (χ4v) is 1.30. The van der Waals surface area contributed by atoms with Gasteiger partial charge in [-0.1, -0.05) is 0 Å². The number of anilines is 1. The SMILES string of the molecule is CNCc1ncc(N)n1C(C)C. The molecular weight excluding hydrogens is 152 g/mol. The van der Waals surface area contributed by atoms with Crippen LogP contribution in [0.3, 0.4) is 0 Å². The maximum absolute atomic E-state index is 5.75. The van der Waals surface area contributed by atoms with E-state index in [9.17, 15) is 0 Å². The number of rotatable bonds is 3. The molecule has 68 valence electrons. The van der Waals surface area contributed by atoms with Gasteiger partial charge in [0.15, 0.2) is 0 Å². The molecule has 1 rings (SSSR count). The molecule has 0 aliphatic rings. The topological polar surface area (TPSA) is 55.9 Å². The van der Waals surface area contributed by atoms with Crippen LogP contribution in [0.2, 0.25) is 0 Å². The molecular formula is C8H16N4. The van der Waals surface area contributed by atoms with Crippen molar-refractivity contribution in [1.82, 2.24) is 14.9 Å². The van der Waals surface area contributed by atoms with Crippen molar-refractivity contribution in [1.29, 1.82) is 0 Å². The molecule has 1 aromatic rings. The molecule has 0 atom stereocenters. The van der Waals surface area contributed by atoms with Gasteiger partial charge in [0.1, 0.15) is 11.6 Å². The molecule has 4 heteroatoms. The van der Waals surface area contributed by atoms with Gasteiger partial charge >= 0.3 is 0 Å². The lowest BCUT2D eigenvalue weighted by Gasteiger charge is -2.12. The number of aromatic nitrogens is 2. The van der Waals surface area contributed by atoms with Crippen molar-refractivity contribution in [3.63, 3.8) is 0 Å². The Bertz CT molecular complexity index is 252. The zero-order chi connectivity index (χ0) is 9.14. The maximum Gasteiger partial charge on any atom is 0.124 e. The van der Waals surface area contributed by atoms with Crippen LogP contribution in [0.1, 0.15) is 25.7 Å². The van der Waals surface area contributed by atoms with Crippen LogP contribution >= 0.6 is 0 Å². The Balaban J connectivity index is 2.95. The lowest BCUT2D eigenvalue weighted by molar-refractivity contribution is 0.562. The van der Waals surface area contributed by atoms with E-state index in [1.807, 2.05) is 11.6 Å². The van der Waals surface area contributed by atoms with E-state index in [1.165, 1.54) is 0 Å². The molecule has 0 bridgehead atoms. The van der Waals surface area contributed by atoms with Crippen LogP contribution in [0.4, 0.5) is 5.82 Å². The molecule has 0 saturated carbocycles. The molecule has 0 saturated heterocycles. The molecule has 0 spiro atoms. The Morgan fingerprint density at radius 2 is 2.33 bits per heavy atom. The molecule has 1 heterocycles. The summed E-state index contributed by atoms with van der Waals surface area (Å²) in [5, 5.41) is 3.05. The van der Waals surface area contributed by atoms with Gasteiger partial charge in [-0.05, 0) is 20.9 Å². The zero-order valence-electron chi connectivity index (χ0n) is 7.83. The Labute approximate surface area is 72.8 Å². The minimum Gasteiger partial charge on any atom is -0.384 e. The van der Waals surface area contributed by atoms with E-state index < -0.39 is 0 Å². The lowest BCUT2D eigenvalue weighted by Crippen LogP contribution is -2.15. The van der Waals surface area contributed by atoms with E-state index in [2.05, 4.69) is 24.1 Å². The summed E-state index contributed by atoms with van der Waals surface area (Å²) in [6.07, 6.45) is 1.70. The van der Waals surface area contributed by atoms with Crippen LogP contribution in [0, 0.1) is 0 Å². The predicted octanol–water partition coefficient (Wildman–Crippen LogP) is 0.766. The summed E-state index contributed by atoms with van der Waals surface area (Å²) >= 11 is 0. The molecule has 1 aromatic heterocycles. The van der Waals surface area contributed by atoms with Crippen molar-refractivity contribution in [2.75, 3.05) is 12.8 Å². The van der Waals surface area contributed by atoms with Crippen LogP contribution in [-0.4, -0.2) is 16.6 Å². The van der Waals surface area contributed by atoms with E-state index in [0.717, 1.165) is 18.2 Å². The predicted molar refractivity (Wildman–Crippen MR) is 49.8 cm³/mol. The third-order valence-corrected chi connectivity index (χ3v) is 1.75. The number of nitrogens with zero attached hydrogens (tertiary/aromatic N) is 2. The quantitative estimate of drug-likeness (QED) is 0.700. The van der Waals surface area contributed by atoms with Gasteiger partial charge in [0.25, 0.3) is 0 Å². The molecule has 0 radical (unpaired) electrons. The fraction of sp³-hybridized carbons (Fsp3) is 0.625. The summed E-state index contributed by atoms with van der Waals surface area (Å²) in [5.74, 6) is 1.72. The standard InChI is InChI=1S/C8H16N4/c1-6(2)12-7(9)4-11-8(12)5-10-3/h4,6,10H,5,9H2,1-3H3. The van der Waals surface area contributed by atoms with Crippen LogP contribution in [0.25, 0.3) is 0 Å². The Kier molecular flexibility index (Phi) is 2.70. The van der Waals surface area contributed by atoms with Gasteiger partial charge in [0.2, 0.25) is 0 Å². The number of hydrogen-bond acceptors (Lipinski definition) is 3. The average molecular weight is 168 g/mol. The number of nitrogen functional groups attached to an aromatic ring is 1. The number of nitrogens with one attached hydrogen (secondary N) is 1. The van der Waals surface area contributed by atoms with Crippen molar-refractivity contribution in [3.05, 3.63) is 12.0 Å². The van der Waals surface area contributed by atoms with E-state index in [-0.39, 0.29) is 0 Å². The zero-order valence-corrected chi connectivity index (χ0v) is 7.83. The normalized spacial score (nSPS) is 11.0. The molecule has 12 heavy (non-hydrogen) atoms. The number of imidazole rings is 1. The van der Waals surface area contributed by atoms with Gasteiger partial charge < -0.3 is 15.6 Å². The van der Waals surface area contributed by atoms with Crippen molar-refractivity contribution in [2.24, 2.45) is 0 Å². The monoisotopic (exact) mass is 168 g/mol. The van der Waals surface area contributed by atoms with Crippen molar-refractivity contribution in [2.45, 2.75) is 26.4 Å². The first-order chi connectivity index (χ1) is 5.66. The maximum atomic E-state index is 5.75. The summed E-state index contributed by atoms with van der Waals surface area (Å²) in [5.41, 5.74) is 5.75. The Morgan fingerprint density at radius 1 is 1.67 bits per heavy atom. The van der Waals surface area contributed by atoms with Gasteiger partial charge in [-0.25, -0.2) is 4.98 Å². The molecule has 0 unspecified atom stereocenters. The number of hydrogen-bond donors (Lipinski definition) is 2. The van der Waals surface area contributed by atoms with Gasteiger partial charge in [0.05, 0.1) is 12.7 Å². The van der Waals surface area contributed by atoms with Crippen molar-refractivity contribution < 1.29 is 0 Å². The molecule has 0 amide bonds. The van der Waals surface area contributed by atoms with E-state index in [1.54, 1.807) is 6.20 Å². The number of nitrogens with two attached hydrogens (primary N) is 1. The Hall–Kier alpha value is -1.03. The second-order valence-electron chi connectivity index (χ2n) is 3.09. The minimum absolute atomic E-state index is 0.371. The van der Waals surface area contributed by atoms with Gasteiger partial charge in [-0.15, -0.1) is 0 Å².